The number of hydrogen-bond donors (Lipinski definition) is 1. The van der Waals surface area contributed by atoms with Crippen LogP contribution in [0.15, 0.2) is 35.1 Å². The second-order valence-corrected chi connectivity index (χ2v) is 7.22. The third-order valence-corrected chi connectivity index (χ3v) is 5.45. The molecule has 29 heavy (non-hydrogen) atoms. The first kappa shape index (κ1) is 19.2. The normalized spacial score (nSPS) is 16.7. The number of para-hydroxylation sites is 1. The topological polar surface area (TPSA) is 88.9 Å². The number of H-pyrrole nitrogens is 1. The van der Waals surface area contributed by atoms with Crippen molar-refractivity contribution in [3.8, 4) is 17.0 Å². The van der Waals surface area contributed by atoms with E-state index in [9.17, 15) is 9.59 Å². The third-order valence-electron chi connectivity index (χ3n) is 5.45. The minimum atomic E-state index is -0.197. The van der Waals surface area contributed by atoms with Crippen LogP contribution in [0.4, 0.5) is 0 Å². The number of aromatic nitrogens is 3. The number of nitrogens with one attached hydrogen (secondary N) is 1. The Morgan fingerprint density at radius 2 is 2.03 bits per heavy atom. The van der Waals surface area contributed by atoms with Gasteiger partial charge in [-0.1, -0.05) is 12.1 Å². The van der Waals surface area contributed by atoms with E-state index in [4.69, 9.17) is 14.5 Å². The molecule has 3 aromatic rings. The maximum Gasteiger partial charge on any atom is 0.272 e. The number of benzene rings is 1. The van der Waals surface area contributed by atoms with Crippen molar-refractivity contribution >= 4 is 11.6 Å². The lowest BCUT2D eigenvalue weighted by Crippen LogP contribution is -2.28. The van der Waals surface area contributed by atoms with E-state index in [0.717, 1.165) is 16.8 Å². The predicted molar refractivity (Wildman–Crippen MR) is 108 cm³/mol. The van der Waals surface area contributed by atoms with E-state index >= 15 is 0 Å². The van der Waals surface area contributed by atoms with Gasteiger partial charge in [0.2, 0.25) is 5.91 Å². The molecular formula is C21H24N4O4. The molecule has 8 heteroatoms. The second kappa shape index (κ2) is 7.71. The minimum absolute atomic E-state index is 0.0644. The number of nitrogens with zero attached hydrogens (tertiary/aromatic N) is 3. The van der Waals surface area contributed by atoms with E-state index in [0.29, 0.717) is 43.2 Å². The zero-order valence-corrected chi connectivity index (χ0v) is 16.8. The summed E-state index contributed by atoms with van der Waals surface area (Å²) in [6.45, 7) is 3.52. The Labute approximate surface area is 168 Å². The quantitative estimate of drug-likeness (QED) is 0.688. The van der Waals surface area contributed by atoms with E-state index in [-0.39, 0.29) is 17.4 Å². The van der Waals surface area contributed by atoms with Crippen LogP contribution in [-0.4, -0.2) is 59.3 Å². The number of fused-ring (bicyclic) bond motifs is 1. The first-order valence-corrected chi connectivity index (χ1v) is 9.56. The number of hydrogen-bond acceptors (Lipinski definition) is 5. The van der Waals surface area contributed by atoms with Crippen LogP contribution in [0.5, 0.6) is 5.75 Å². The minimum Gasteiger partial charge on any atom is -0.496 e. The van der Waals surface area contributed by atoms with Crippen LogP contribution in [0.3, 0.4) is 0 Å². The van der Waals surface area contributed by atoms with E-state index in [1.54, 1.807) is 19.1 Å². The van der Waals surface area contributed by atoms with Gasteiger partial charge in [-0.05, 0) is 19.1 Å². The van der Waals surface area contributed by atoms with E-state index in [1.807, 2.05) is 31.2 Å². The zero-order valence-electron chi connectivity index (χ0n) is 16.8. The maximum absolute atomic E-state index is 12.8. The molecule has 1 amide bonds. The fraction of sp³-hybridized carbons (Fsp3) is 0.381. The number of carbonyl (C=O) groups is 1. The van der Waals surface area contributed by atoms with Crippen molar-refractivity contribution in [2.45, 2.75) is 19.3 Å². The Balaban J connectivity index is 1.74. The van der Waals surface area contributed by atoms with Gasteiger partial charge in [-0.2, -0.15) is 0 Å². The van der Waals surface area contributed by atoms with Crippen molar-refractivity contribution in [1.82, 2.24) is 19.5 Å². The fourth-order valence-corrected chi connectivity index (χ4v) is 3.88. The first-order chi connectivity index (χ1) is 14.0. The molecule has 152 valence electrons. The van der Waals surface area contributed by atoms with Gasteiger partial charge < -0.3 is 14.4 Å². The van der Waals surface area contributed by atoms with Crippen molar-refractivity contribution in [1.29, 1.82) is 0 Å². The highest BCUT2D eigenvalue weighted by Crippen LogP contribution is 2.32. The number of aromatic amines is 1. The molecule has 1 saturated heterocycles. The Kier molecular flexibility index (Phi) is 5.10. The highest BCUT2D eigenvalue weighted by Gasteiger charge is 2.32. The van der Waals surface area contributed by atoms with E-state index in [2.05, 4.69) is 5.10 Å². The van der Waals surface area contributed by atoms with Gasteiger partial charge in [0, 0.05) is 49.7 Å². The second-order valence-electron chi connectivity index (χ2n) is 7.22. The SMILES string of the molecule is COCCN1CC(c2cc(=O)n3[nH]c(-c4ccccc4OC)c(C)c3n2)CC1=O. The van der Waals surface area contributed by atoms with Gasteiger partial charge >= 0.3 is 0 Å². The monoisotopic (exact) mass is 396 g/mol. The molecule has 1 unspecified atom stereocenters. The zero-order chi connectivity index (χ0) is 20.5. The lowest BCUT2D eigenvalue weighted by Gasteiger charge is -2.15. The van der Waals surface area contributed by atoms with Crippen molar-refractivity contribution in [2.24, 2.45) is 0 Å². The molecule has 2 aromatic heterocycles. The number of rotatable bonds is 6. The summed E-state index contributed by atoms with van der Waals surface area (Å²) in [6, 6.07) is 9.15. The molecule has 1 aliphatic heterocycles. The highest BCUT2D eigenvalue weighted by atomic mass is 16.5. The summed E-state index contributed by atoms with van der Waals surface area (Å²) in [5.41, 5.74) is 3.52. The van der Waals surface area contributed by atoms with Crippen molar-refractivity contribution in [3.05, 3.63) is 51.9 Å². The van der Waals surface area contributed by atoms with Crippen LogP contribution >= 0.6 is 0 Å². The lowest BCUT2D eigenvalue weighted by molar-refractivity contribution is -0.128. The van der Waals surface area contributed by atoms with Crippen LogP contribution in [0.25, 0.3) is 16.9 Å². The summed E-state index contributed by atoms with van der Waals surface area (Å²) in [5.74, 6) is 0.682. The number of likely N-dealkylation sites (tertiary alicyclic amines) is 1. The predicted octanol–water partition coefficient (Wildman–Crippen LogP) is 1.97. The summed E-state index contributed by atoms with van der Waals surface area (Å²) in [6.07, 6.45) is 0.356. The van der Waals surface area contributed by atoms with Gasteiger partial charge in [0.1, 0.15) is 5.75 Å². The molecule has 1 fully saturated rings. The summed E-state index contributed by atoms with van der Waals surface area (Å²) in [5, 5.41) is 3.15. The van der Waals surface area contributed by atoms with E-state index in [1.165, 1.54) is 10.6 Å². The average Bonchev–Trinajstić information content (AvgIpc) is 3.27. The van der Waals surface area contributed by atoms with Crippen LogP contribution in [-0.2, 0) is 9.53 Å². The summed E-state index contributed by atoms with van der Waals surface area (Å²) in [4.78, 5) is 31.6. The molecule has 0 aliphatic carbocycles. The summed E-state index contributed by atoms with van der Waals surface area (Å²) in [7, 11) is 3.23. The molecule has 1 atom stereocenters. The number of carbonyl (C=O) groups excluding carboxylic acids is 1. The third kappa shape index (κ3) is 3.40. The molecule has 0 bridgehead atoms. The first-order valence-electron chi connectivity index (χ1n) is 9.56. The number of ether oxygens (including phenoxy) is 2. The summed E-state index contributed by atoms with van der Waals surface area (Å²) < 4.78 is 12.0. The Hall–Kier alpha value is -3.13. The number of aryl methyl sites for hydroxylation is 1. The molecular weight excluding hydrogens is 372 g/mol. The van der Waals surface area contributed by atoms with Gasteiger partial charge in [0.25, 0.3) is 5.56 Å². The van der Waals surface area contributed by atoms with Crippen molar-refractivity contribution in [2.75, 3.05) is 33.9 Å². The van der Waals surface area contributed by atoms with Gasteiger partial charge in [-0.25, -0.2) is 9.50 Å². The molecule has 0 radical (unpaired) electrons. The van der Waals surface area contributed by atoms with Gasteiger partial charge in [-0.15, -0.1) is 0 Å². The molecule has 3 heterocycles. The lowest BCUT2D eigenvalue weighted by atomic mass is 10.0. The molecule has 1 aromatic carbocycles. The van der Waals surface area contributed by atoms with Gasteiger partial charge in [0.05, 0.1) is 25.1 Å². The molecule has 1 N–H and O–H groups in total. The molecule has 0 spiro atoms. The van der Waals surface area contributed by atoms with Gasteiger partial charge in [0.15, 0.2) is 5.65 Å². The van der Waals surface area contributed by atoms with Crippen LogP contribution in [0.1, 0.15) is 23.6 Å². The molecule has 4 rings (SSSR count). The van der Waals surface area contributed by atoms with Crippen LogP contribution < -0.4 is 10.3 Å². The Morgan fingerprint density at radius 3 is 2.79 bits per heavy atom. The standard InChI is InChI=1S/C21H24N4O4/c1-13-20(15-6-4-5-7-17(15)29-3)23-25-19(27)11-16(22-21(13)25)14-10-18(26)24(12-14)8-9-28-2/h4-7,11,14,23H,8-10,12H2,1-3H3. The number of methoxy groups -OCH3 is 2. The Morgan fingerprint density at radius 1 is 1.24 bits per heavy atom. The Bertz CT molecular complexity index is 1120. The van der Waals surface area contributed by atoms with Crippen LogP contribution in [0, 0.1) is 6.92 Å². The van der Waals surface area contributed by atoms with E-state index < -0.39 is 0 Å². The van der Waals surface area contributed by atoms with Crippen molar-refractivity contribution < 1.29 is 14.3 Å². The largest absolute Gasteiger partial charge is 0.496 e. The summed E-state index contributed by atoms with van der Waals surface area (Å²) >= 11 is 0. The maximum atomic E-state index is 12.8. The smallest absolute Gasteiger partial charge is 0.272 e. The molecule has 1 aliphatic rings. The van der Waals surface area contributed by atoms with Crippen LogP contribution in [0.2, 0.25) is 0 Å². The molecule has 0 saturated carbocycles. The van der Waals surface area contributed by atoms with Crippen molar-refractivity contribution in [3.63, 3.8) is 0 Å². The highest BCUT2D eigenvalue weighted by molar-refractivity contribution is 5.80. The number of amides is 1. The van der Waals surface area contributed by atoms with Gasteiger partial charge in [-0.3, -0.25) is 14.7 Å². The fourth-order valence-electron chi connectivity index (χ4n) is 3.88. The average molecular weight is 396 g/mol. The molecule has 8 nitrogen and oxygen atoms in total.